The Morgan fingerprint density at radius 1 is 0.174 bits per heavy atom. The second-order valence-electron chi connectivity index (χ2n) is 22.9. The molecule has 1 aliphatic rings. The lowest BCUT2D eigenvalue weighted by atomic mass is 9.65. The smallest absolute Gasteiger partial charge is 0.0497 e. The molecule has 86 heavy (non-hydrogen) atoms. The van der Waals surface area contributed by atoms with Gasteiger partial charge in [0.2, 0.25) is 0 Å². The quantitative estimate of drug-likeness (QED) is 0.120. The van der Waals surface area contributed by atoms with Crippen molar-refractivity contribution in [3.8, 4) is 89.0 Å². The van der Waals surface area contributed by atoms with E-state index >= 15 is 0 Å². The molecule has 0 amide bonds. The van der Waals surface area contributed by atoms with Crippen molar-refractivity contribution in [1.82, 2.24) is 0 Å². The van der Waals surface area contributed by atoms with Gasteiger partial charge in [-0.1, -0.05) is 255 Å². The van der Waals surface area contributed by atoms with Gasteiger partial charge in [-0.05, 0) is 209 Å². The lowest BCUT2D eigenvalue weighted by Crippen LogP contribution is -2.14. The first-order chi connectivity index (χ1) is 42.4. The summed E-state index contributed by atoms with van der Waals surface area (Å²) in [5.74, 6) is 0. The summed E-state index contributed by atoms with van der Waals surface area (Å²) in [4.78, 5) is 4.99. The molecular weight excluding hydrogens is 1040 g/mol. The number of benzene rings is 14. The number of hydrogen-bond donors (Lipinski definition) is 0. The van der Waals surface area contributed by atoms with Crippen molar-refractivity contribution in [2.75, 3.05) is 9.80 Å². The zero-order valence-electron chi connectivity index (χ0n) is 48.8. The fourth-order valence-electron chi connectivity index (χ4n) is 13.6. The van der Waals surface area contributed by atoms with Crippen molar-refractivity contribution in [2.45, 2.75) is 27.7 Å². The topological polar surface area (TPSA) is 6.48 Å². The normalized spacial score (nSPS) is 11.5. The number of fused-ring (bicyclic) bond motifs is 6. The van der Waals surface area contributed by atoms with E-state index in [0.29, 0.717) is 0 Å². The number of rotatable bonds is 12. The first kappa shape index (κ1) is 52.0. The standard InChI is InChI=1S/C84H62N2/c1-55-27-23-25-41-73(55)85(75-51-65(45-43-57(75)3)59-29-11-5-12-30-59)67-47-49-69-71(53-67)79(63-37-19-9-20-38-63)83-81(77(69)61-33-15-7-16-34-61)82-78(62-35-17-8-18-36-62)70-50-48-68(54-72(70)80(84(82)83)64-39-21-10-22-40-64)86(74-42-26-24-28-56(74)2)76-52-66(46-44-58(76)4)60-31-13-6-14-32-60/h5-54H,1-4H3. The van der Waals surface area contributed by atoms with Crippen LogP contribution in [0.5, 0.6) is 0 Å². The van der Waals surface area contributed by atoms with Crippen LogP contribution in [-0.4, -0.2) is 0 Å². The molecule has 0 heterocycles. The van der Waals surface area contributed by atoms with Gasteiger partial charge >= 0.3 is 0 Å². The molecule has 0 spiro atoms. The third-order valence-electron chi connectivity index (χ3n) is 17.7. The molecule has 14 aromatic rings. The molecule has 0 N–H and O–H groups in total. The van der Waals surface area contributed by atoms with Gasteiger partial charge in [-0.15, -0.1) is 0 Å². The van der Waals surface area contributed by atoms with Crippen molar-refractivity contribution in [2.24, 2.45) is 0 Å². The summed E-state index contributed by atoms with van der Waals surface area (Å²) in [7, 11) is 0. The van der Waals surface area contributed by atoms with Gasteiger partial charge < -0.3 is 9.80 Å². The Balaban J connectivity index is 1.07. The van der Waals surface area contributed by atoms with Crippen molar-refractivity contribution in [1.29, 1.82) is 0 Å². The predicted octanol–water partition coefficient (Wildman–Crippen LogP) is 23.8. The van der Waals surface area contributed by atoms with E-state index in [0.717, 1.165) is 34.1 Å². The zero-order valence-corrected chi connectivity index (χ0v) is 48.8. The molecule has 1 aliphatic carbocycles. The van der Waals surface area contributed by atoms with Gasteiger partial charge in [0.15, 0.2) is 0 Å². The number of anilines is 6. The summed E-state index contributed by atoms with van der Waals surface area (Å²) < 4.78 is 0. The van der Waals surface area contributed by atoms with Crippen LogP contribution < -0.4 is 9.80 Å². The highest BCUT2D eigenvalue weighted by Gasteiger charge is 2.39. The molecule has 0 saturated heterocycles. The van der Waals surface area contributed by atoms with Crippen LogP contribution in [0.3, 0.4) is 0 Å². The molecule has 0 saturated carbocycles. The molecule has 2 nitrogen and oxygen atoms in total. The van der Waals surface area contributed by atoms with Crippen LogP contribution in [0.1, 0.15) is 22.3 Å². The van der Waals surface area contributed by atoms with Gasteiger partial charge in [-0.2, -0.15) is 0 Å². The summed E-state index contributed by atoms with van der Waals surface area (Å²) in [5, 5.41) is 4.81. The van der Waals surface area contributed by atoms with Crippen LogP contribution in [0.15, 0.2) is 303 Å². The summed E-state index contributed by atoms with van der Waals surface area (Å²) in [6.07, 6.45) is 0. The summed E-state index contributed by atoms with van der Waals surface area (Å²) >= 11 is 0. The SMILES string of the molecule is Cc1ccccc1N(c1ccc2c(-c3ccccc3)c3c(c(-c4ccccc4)c2c1)-c1c-3c(-c2ccccc2)c2ccc(N(c3ccccc3C)c3cc(-c4ccccc4)ccc3C)cc2c1-c1ccccc1)c1cc(-c2ccccc2)ccc1C. The number of hydrogen-bond acceptors (Lipinski definition) is 2. The molecule has 0 radical (unpaired) electrons. The number of para-hydroxylation sites is 2. The molecule has 2 heteroatoms. The van der Waals surface area contributed by atoms with Gasteiger partial charge in [-0.25, -0.2) is 0 Å². The largest absolute Gasteiger partial charge is 0.310 e. The average molecular weight is 1100 g/mol. The van der Waals surface area contributed by atoms with Crippen molar-refractivity contribution >= 4 is 55.7 Å². The highest BCUT2D eigenvalue weighted by Crippen LogP contribution is 2.66. The van der Waals surface area contributed by atoms with E-state index in [4.69, 9.17) is 0 Å². The van der Waals surface area contributed by atoms with E-state index in [1.165, 1.54) is 133 Å². The van der Waals surface area contributed by atoms with Crippen LogP contribution in [0.25, 0.3) is 111 Å². The van der Waals surface area contributed by atoms with Crippen molar-refractivity contribution in [3.05, 3.63) is 326 Å². The second kappa shape index (κ2) is 21.8. The maximum Gasteiger partial charge on any atom is 0.0497 e. The molecule has 408 valence electrons. The molecule has 0 aliphatic heterocycles. The number of nitrogens with zero attached hydrogens (tertiary/aromatic N) is 2. The average Bonchev–Trinajstić information content (AvgIpc) is 0.680. The highest BCUT2D eigenvalue weighted by atomic mass is 15.2. The van der Waals surface area contributed by atoms with Crippen LogP contribution in [0.2, 0.25) is 0 Å². The molecular formula is C84H62N2. The minimum absolute atomic E-state index is 1.09. The molecule has 0 fully saturated rings. The molecule has 0 bridgehead atoms. The fourth-order valence-corrected chi connectivity index (χ4v) is 13.6. The van der Waals surface area contributed by atoms with E-state index in [1.54, 1.807) is 0 Å². The van der Waals surface area contributed by atoms with Crippen LogP contribution in [0, 0.1) is 27.7 Å². The lowest BCUT2D eigenvalue weighted by molar-refractivity contribution is 1.23. The first-order valence-electron chi connectivity index (χ1n) is 29.9. The Kier molecular flexibility index (Phi) is 13.2. The Hall–Kier alpha value is -10.8. The summed E-state index contributed by atoms with van der Waals surface area (Å²) in [5.41, 5.74) is 31.0. The number of aryl methyl sites for hydroxylation is 4. The van der Waals surface area contributed by atoms with E-state index < -0.39 is 0 Å². The van der Waals surface area contributed by atoms with Gasteiger partial charge in [0, 0.05) is 34.1 Å². The van der Waals surface area contributed by atoms with Crippen LogP contribution >= 0.6 is 0 Å². The molecule has 0 aromatic heterocycles. The van der Waals surface area contributed by atoms with Gasteiger partial charge in [0.1, 0.15) is 0 Å². The second-order valence-corrected chi connectivity index (χ2v) is 22.9. The molecule has 0 unspecified atom stereocenters. The first-order valence-corrected chi connectivity index (χ1v) is 29.9. The predicted molar refractivity (Wildman–Crippen MR) is 367 cm³/mol. The van der Waals surface area contributed by atoms with E-state index in [-0.39, 0.29) is 0 Å². The molecule has 14 aromatic carbocycles. The van der Waals surface area contributed by atoms with Gasteiger partial charge in [0.25, 0.3) is 0 Å². The Morgan fingerprint density at radius 2 is 0.442 bits per heavy atom. The van der Waals surface area contributed by atoms with Gasteiger partial charge in [-0.3, -0.25) is 0 Å². The molecule has 0 atom stereocenters. The maximum atomic E-state index is 2.50. The van der Waals surface area contributed by atoms with Crippen molar-refractivity contribution < 1.29 is 0 Å². The van der Waals surface area contributed by atoms with E-state index in [1.807, 2.05) is 0 Å². The Morgan fingerprint density at radius 3 is 0.756 bits per heavy atom. The minimum atomic E-state index is 1.09. The summed E-state index contributed by atoms with van der Waals surface area (Å²) in [6, 6.07) is 112. The van der Waals surface area contributed by atoms with Crippen LogP contribution in [0.4, 0.5) is 34.1 Å². The Labute approximate surface area is 504 Å². The zero-order chi connectivity index (χ0) is 57.8. The van der Waals surface area contributed by atoms with Gasteiger partial charge in [0.05, 0.1) is 0 Å². The summed E-state index contributed by atoms with van der Waals surface area (Å²) in [6.45, 7) is 8.95. The van der Waals surface area contributed by atoms with E-state index in [9.17, 15) is 0 Å². The maximum absolute atomic E-state index is 2.50. The monoisotopic (exact) mass is 1100 g/mol. The third kappa shape index (κ3) is 8.89. The third-order valence-corrected chi connectivity index (χ3v) is 17.7. The fraction of sp³-hybridized carbons (Fsp3) is 0.0476. The van der Waals surface area contributed by atoms with E-state index in [2.05, 4.69) is 341 Å². The van der Waals surface area contributed by atoms with Crippen LogP contribution in [-0.2, 0) is 0 Å². The Bertz CT molecular complexity index is 4570. The highest BCUT2D eigenvalue weighted by molar-refractivity contribution is 6.33. The van der Waals surface area contributed by atoms with Crippen molar-refractivity contribution in [3.63, 3.8) is 0 Å². The lowest BCUT2D eigenvalue weighted by Gasteiger charge is -2.38. The molecule has 15 rings (SSSR count). The minimum Gasteiger partial charge on any atom is -0.310 e.